The Morgan fingerprint density at radius 2 is 2.44 bits per heavy atom. The van der Waals surface area contributed by atoms with Gasteiger partial charge in [0.2, 0.25) is 5.91 Å². The van der Waals surface area contributed by atoms with Crippen LogP contribution in [0, 0.1) is 0 Å². The predicted octanol–water partition coefficient (Wildman–Crippen LogP) is 1.85. The third-order valence-corrected chi connectivity index (χ3v) is 3.84. The highest BCUT2D eigenvalue weighted by molar-refractivity contribution is 7.09. The Kier molecular flexibility index (Phi) is 3.61. The van der Waals surface area contributed by atoms with Gasteiger partial charge in [0.1, 0.15) is 0 Å². The van der Waals surface area contributed by atoms with Crippen molar-refractivity contribution in [1.29, 1.82) is 0 Å². The van der Waals surface area contributed by atoms with E-state index in [9.17, 15) is 4.79 Å². The van der Waals surface area contributed by atoms with Crippen LogP contribution < -0.4 is 5.32 Å². The van der Waals surface area contributed by atoms with Crippen LogP contribution in [0.15, 0.2) is 17.5 Å². The lowest BCUT2D eigenvalue weighted by Gasteiger charge is -2.25. The number of thiophene rings is 1. The SMILES string of the molecule is CNC(C)C(=O)N(Cc1cccs1)C1CC1. The Bertz CT molecular complexity index is 346. The Morgan fingerprint density at radius 3 is 2.94 bits per heavy atom. The van der Waals surface area contributed by atoms with E-state index in [1.54, 1.807) is 11.3 Å². The zero-order valence-electron chi connectivity index (χ0n) is 9.77. The molecule has 0 spiro atoms. The van der Waals surface area contributed by atoms with Gasteiger partial charge in [0, 0.05) is 10.9 Å². The maximum absolute atomic E-state index is 12.2. The summed E-state index contributed by atoms with van der Waals surface area (Å²) in [6.07, 6.45) is 2.32. The molecule has 1 N–H and O–H groups in total. The topological polar surface area (TPSA) is 32.3 Å². The molecule has 0 aliphatic heterocycles. The summed E-state index contributed by atoms with van der Waals surface area (Å²) in [7, 11) is 1.83. The van der Waals surface area contributed by atoms with Crippen LogP contribution in [0.2, 0.25) is 0 Å². The summed E-state index contributed by atoms with van der Waals surface area (Å²) in [6, 6.07) is 4.53. The van der Waals surface area contributed by atoms with Crippen LogP contribution in [0.1, 0.15) is 24.6 Å². The van der Waals surface area contributed by atoms with E-state index in [-0.39, 0.29) is 11.9 Å². The summed E-state index contributed by atoms with van der Waals surface area (Å²) >= 11 is 1.72. The van der Waals surface area contributed by atoms with Gasteiger partial charge in [-0.2, -0.15) is 0 Å². The fourth-order valence-corrected chi connectivity index (χ4v) is 2.42. The van der Waals surface area contributed by atoms with Gasteiger partial charge >= 0.3 is 0 Å². The molecular weight excluding hydrogens is 220 g/mol. The fourth-order valence-electron chi connectivity index (χ4n) is 1.72. The van der Waals surface area contributed by atoms with E-state index in [2.05, 4.69) is 16.8 Å². The van der Waals surface area contributed by atoms with Crippen molar-refractivity contribution >= 4 is 17.2 Å². The van der Waals surface area contributed by atoms with E-state index in [1.165, 1.54) is 4.88 Å². The molecule has 1 saturated carbocycles. The normalized spacial score (nSPS) is 17.1. The Labute approximate surface area is 100 Å². The van der Waals surface area contributed by atoms with Crippen molar-refractivity contribution in [1.82, 2.24) is 10.2 Å². The molecule has 0 aromatic carbocycles. The molecule has 1 atom stereocenters. The third kappa shape index (κ3) is 2.62. The molecular formula is C12H18N2OS. The van der Waals surface area contributed by atoms with Crippen molar-refractivity contribution in [3.05, 3.63) is 22.4 Å². The van der Waals surface area contributed by atoms with Crippen molar-refractivity contribution in [2.45, 2.75) is 38.4 Å². The van der Waals surface area contributed by atoms with Crippen LogP contribution in [0.4, 0.5) is 0 Å². The minimum atomic E-state index is -0.0828. The number of hydrogen-bond acceptors (Lipinski definition) is 3. The molecule has 16 heavy (non-hydrogen) atoms. The lowest BCUT2D eigenvalue weighted by atomic mass is 10.2. The van der Waals surface area contributed by atoms with Crippen LogP contribution in [-0.4, -0.2) is 29.9 Å². The van der Waals surface area contributed by atoms with Gasteiger partial charge in [-0.3, -0.25) is 4.79 Å². The molecule has 1 aliphatic rings. The lowest BCUT2D eigenvalue weighted by Crippen LogP contribution is -2.44. The summed E-state index contributed by atoms with van der Waals surface area (Å²) in [5.74, 6) is 0.221. The quantitative estimate of drug-likeness (QED) is 0.849. The summed E-state index contributed by atoms with van der Waals surface area (Å²) in [5.41, 5.74) is 0. The van der Waals surface area contributed by atoms with Crippen molar-refractivity contribution < 1.29 is 4.79 Å². The summed E-state index contributed by atoms with van der Waals surface area (Å²) in [5, 5.41) is 5.08. The van der Waals surface area contributed by atoms with Crippen molar-refractivity contribution in [2.75, 3.05) is 7.05 Å². The van der Waals surface area contributed by atoms with Gasteiger partial charge in [-0.15, -0.1) is 11.3 Å². The van der Waals surface area contributed by atoms with E-state index >= 15 is 0 Å². The second kappa shape index (κ2) is 4.97. The number of likely N-dealkylation sites (N-methyl/N-ethyl adjacent to an activating group) is 1. The van der Waals surface area contributed by atoms with Crippen LogP contribution in [0.5, 0.6) is 0 Å². The molecule has 1 aromatic heterocycles. The number of nitrogens with one attached hydrogen (secondary N) is 1. The second-order valence-corrected chi connectivity index (χ2v) is 5.32. The van der Waals surface area contributed by atoms with Crippen molar-refractivity contribution in [3.8, 4) is 0 Å². The standard InChI is InChI=1S/C12H18N2OS/c1-9(13-2)12(15)14(10-5-6-10)8-11-4-3-7-16-11/h3-4,7,9-10,13H,5-6,8H2,1-2H3. The number of carbonyl (C=O) groups is 1. The zero-order chi connectivity index (χ0) is 11.5. The monoisotopic (exact) mass is 238 g/mol. The van der Waals surface area contributed by atoms with E-state index in [0.29, 0.717) is 6.04 Å². The van der Waals surface area contributed by atoms with Crippen LogP contribution in [0.3, 0.4) is 0 Å². The lowest BCUT2D eigenvalue weighted by molar-refractivity contribution is -0.134. The molecule has 1 unspecified atom stereocenters. The van der Waals surface area contributed by atoms with Crippen molar-refractivity contribution in [2.24, 2.45) is 0 Å². The smallest absolute Gasteiger partial charge is 0.239 e. The summed E-state index contributed by atoms with van der Waals surface area (Å²) in [6.45, 7) is 2.69. The first kappa shape index (κ1) is 11.6. The highest BCUT2D eigenvalue weighted by Crippen LogP contribution is 2.29. The summed E-state index contributed by atoms with van der Waals surface area (Å²) in [4.78, 5) is 15.4. The average Bonchev–Trinajstić information content (AvgIpc) is 3.01. The molecule has 88 valence electrons. The molecule has 1 heterocycles. The molecule has 0 saturated heterocycles. The predicted molar refractivity (Wildman–Crippen MR) is 66.4 cm³/mol. The van der Waals surface area contributed by atoms with Gasteiger partial charge < -0.3 is 10.2 Å². The molecule has 1 aliphatic carbocycles. The number of nitrogens with zero attached hydrogens (tertiary/aromatic N) is 1. The molecule has 2 rings (SSSR count). The largest absolute Gasteiger partial charge is 0.333 e. The highest BCUT2D eigenvalue weighted by Gasteiger charge is 2.34. The molecule has 0 radical (unpaired) electrons. The van der Waals surface area contributed by atoms with Crippen molar-refractivity contribution in [3.63, 3.8) is 0 Å². The van der Waals surface area contributed by atoms with E-state index in [0.717, 1.165) is 19.4 Å². The second-order valence-electron chi connectivity index (χ2n) is 4.29. The van der Waals surface area contributed by atoms with Crippen LogP contribution in [0.25, 0.3) is 0 Å². The van der Waals surface area contributed by atoms with Gasteiger partial charge in [-0.1, -0.05) is 6.07 Å². The zero-order valence-corrected chi connectivity index (χ0v) is 10.6. The molecule has 3 nitrogen and oxygen atoms in total. The molecule has 1 fully saturated rings. The van der Waals surface area contributed by atoms with Gasteiger partial charge in [0.05, 0.1) is 12.6 Å². The first-order chi connectivity index (χ1) is 7.72. The van der Waals surface area contributed by atoms with Gasteiger partial charge in [-0.25, -0.2) is 0 Å². The molecule has 1 amide bonds. The van der Waals surface area contributed by atoms with Crippen LogP contribution >= 0.6 is 11.3 Å². The van der Waals surface area contributed by atoms with E-state index < -0.39 is 0 Å². The number of amides is 1. The van der Waals surface area contributed by atoms with E-state index in [1.807, 2.05) is 24.9 Å². The average molecular weight is 238 g/mol. The van der Waals surface area contributed by atoms with Gasteiger partial charge in [-0.05, 0) is 38.3 Å². The first-order valence-corrected chi connectivity index (χ1v) is 6.60. The van der Waals surface area contributed by atoms with Gasteiger partial charge in [0.25, 0.3) is 0 Å². The summed E-state index contributed by atoms with van der Waals surface area (Å²) < 4.78 is 0. The third-order valence-electron chi connectivity index (χ3n) is 2.98. The molecule has 1 aromatic rings. The molecule has 0 bridgehead atoms. The Balaban J connectivity index is 2.02. The molecule has 4 heteroatoms. The maximum atomic E-state index is 12.2. The number of hydrogen-bond donors (Lipinski definition) is 1. The minimum Gasteiger partial charge on any atom is -0.333 e. The first-order valence-electron chi connectivity index (χ1n) is 5.72. The fraction of sp³-hybridized carbons (Fsp3) is 0.583. The maximum Gasteiger partial charge on any atom is 0.239 e. The number of rotatable bonds is 5. The Hall–Kier alpha value is -0.870. The number of carbonyl (C=O) groups excluding carboxylic acids is 1. The van der Waals surface area contributed by atoms with E-state index in [4.69, 9.17) is 0 Å². The van der Waals surface area contributed by atoms with Gasteiger partial charge in [0.15, 0.2) is 0 Å². The highest BCUT2D eigenvalue weighted by atomic mass is 32.1. The Morgan fingerprint density at radius 1 is 1.69 bits per heavy atom. The van der Waals surface area contributed by atoms with Crippen LogP contribution in [-0.2, 0) is 11.3 Å². The minimum absolute atomic E-state index is 0.0828.